The van der Waals surface area contributed by atoms with Gasteiger partial charge in [0.2, 0.25) is 0 Å². The van der Waals surface area contributed by atoms with E-state index in [1.807, 2.05) is 16.9 Å². The Labute approximate surface area is 165 Å². The highest BCUT2D eigenvalue weighted by Gasteiger charge is 2.44. The van der Waals surface area contributed by atoms with Gasteiger partial charge in [0.1, 0.15) is 11.3 Å². The van der Waals surface area contributed by atoms with Crippen LogP contribution in [0, 0.1) is 0 Å². The van der Waals surface area contributed by atoms with Crippen LogP contribution in [0.5, 0.6) is 0 Å². The van der Waals surface area contributed by atoms with Crippen molar-refractivity contribution in [3.8, 4) is 0 Å². The van der Waals surface area contributed by atoms with Gasteiger partial charge >= 0.3 is 0 Å². The van der Waals surface area contributed by atoms with Gasteiger partial charge < -0.3 is 4.84 Å². The molecule has 8 nitrogen and oxygen atoms in total. The van der Waals surface area contributed by atoms with Crippen molar-refractivity contribution in [3.63, 3.8) is 0 Å². The van der Waals surface area contributed by atoms with Gasteiger partial charge in [-0.05, 0) is 61.9 Å². The Morgan fingerprint density at radius 3 is 2.75 bits per heavy atom. The second-order valence-electron chi connectivity index (χ2n) is 8.57. The maximum absolute atomic E-state index is 6.02. The van der Waals surface area contributed by atoms with E-state index < -0.39 is 0 Å². The fourth-order valence-corrected chi connectivity index (χ4v) is 5.21. The Kier molecular flexibility index (Phi) is 4.64. The Bertz CT molecular complexity index is 840. The maximum atomic E-state index is 6.02. The topological polar surface area (TPSA) is 83.0 Å². The van der Waals surface area contributed by atoms with Crippen LogP contribution in [0.4, 0.5) is 0 Å². The number of tetrazole rings is 1. The summed E-state index contributed by atoms with van der Waals surface area (Å²) in [6.07, 6.45) is 13.2. The highest BCUT2D eigenvalue weighted by molar-refractivity contribution is 6.00. The van der Waals surface area contributed by atoms with Gasteiger partial charge in [-0.25, -0.2) is 4.68 Å². The van der Waals surface area contributed by atoms with Crippen LogP contribution in [-0.2, 0) is 11.4 Å². The third kappa shape index (κ3) is 3.12. The molecule has 5 rings (SSSR count). The van der Waals surface area contributed by atoms with E-state index in [0.717, 1.165) is 55.9 Å². The van der Waals surface area contributed by atoms with Crippen LogP contribution in [-0.4, -0.2) is 41.3 Å². The Hall–Kier alpha value is -2.25. The predicted molar refractivity (Wildman–Crippen MR) is 104 cm³/mol. The predicted octanol–water partition coefficient (Wildman–Crippen LogP) is 3.62. The number of aryl methyl sites for hydroxylation is 1. The van der Waals surface area contributed by atoms with Crippen molar-refractivity contribution in [2.24, 2.45) is 5.16 Å². The van der Waals surface area contributed by atoms with Crippen molar-refractivity contribution < 1.29 is 4.84 Å². The molecule has 2 aromatic rings. The summed E-state index contributed by atoms with van der Waals surface area (Å²) >= 11 is 0. The van der Waals surface area contributed by atoms with Crippen molar-refractivity contribution in [2.45, 2.75) is 95.2 Å². The van der Waals surface area contributed by atoms with Crippen LogP contribution >= 0.6 is 0 Å². The fraction of sp³-hybridized carbons (Fsp3) is 0.750. The third-order valence-electron chi connectivity index (χ3n) is 6.85. The SMILES string of the molecule is CCn1nccc1C1=NOC2(CCC(c3nnnn3C3CCCCC3)CC2)C1. The van der Waals surface area contributed by atoms with Gasteiger partial charge in [-0.15, -0.1) is 5.10 Å². The van der Waals surface area contributed by atoms with E-state index in [4.69, 9.17) is 4.84 Å². The van der Waals surface area contributed by atoms with E-state index in [9.17, 15) is 0 Å². The first-order valence-corrected chi connectivity index (χ1v) is 10.8. The maximum Gasteiger partial charge on any atom is 0.154 e. The second-order valence-corrected chi connectivity index (χ2v) is 8.57. The summed E-state index contributed by atoms with van der Waals surface area (Å²) < 4.78 is 4.13. The zero-order valence-corrected chi connectivity index (χ0v) is 16.6. The lowest BCUT2D eigenvalue weighted by atomic mass is 9.76. The molecule has 0 saturated heterocycles. The van der Waals surface area contributed by atoms with Gasteiger partial charge in [0.25, 0.3) is 0 Å². The first kappa shape index (κ1) is 17.8. The molecule has 3 aliphatic rings. The summed E-state index contributed by atoms with van der Waals surface area (Å²) in [7, 11) is 0. The lowest BCUT2D eigenvalue weighted by Gasteiger charge is -2.35. The van der Waals surface area contributed by atoms with Crippen molar-refractivity contribution >= 4 is 5.71 Å². The van der Waals surface area contributed by atoms with Crippen LogP contribution in [0.25, 0.3) is 0 Å². The zero-order chi connectivity index (χ0) is 19.0. The second kappa shape index (κ2) is 7.29. The summed E-state index contributed by atoms with van der Waals surface area (Å²) in [6.45, 7) is 2.95. The first-order valence-electron chi connectivity index (χ1n) is 10.8. The number of nitrogens with zero attached hydrogens (tertiary/aromatic N) is 7. The molecule has 2 aliphatic carbocycles. The summed E-state index contributed by atoms with van der Waals surface area (Å²) in [5, 5.41) is 21.6. The minimum absolute atomic E-state index is 0.155. The molecule has 0 atom stereocenters. The molecule has 3 heterocycles. The van der Waals surface area contributed by atoms with Gasteiger partial charge in [0.05, 0.1) is 11.7 Å². The number of hydrogen-bond acceptors (Lipinski definition) is 6. The molecule has 2 aromatic heterocycles. The van der Waals surface area contributed by atoms with Crippen LogP contribution in [0.15, 0.2) is 17.4 Å². The molecule has 2 fully saturated rings. The standard InChI is InChI=1S/C20H29N7O/c1-2-26-18(10-13-21-26)17-14-20(28-23-17)11-8-15(9-12-20)19-22-24-25-27(19)16-6-4-3-5-7-16/h10,13,15-16H,2-9,11-12,14H2,1H3. The smallest absolute Gasteiger partial charge is 0.154 e. The lowest BCUT2D eigenvalue weighted by Crippen LogP contribution is -2.35. The minimum Gasteiger partial charge on any atom is -0.389 e. The fourth-order valence-electron chi connectivity index (χ4n) is 5.21. The molecule has 0 radical (unpaired) electrons. The van der Waals surface area contributed by atoms with Crippen LogP contribution < -0.4 is 0 Å². The monoisotopic (exact) mass is 383 g/mol. The molecule has 0 aromatic carbocycles. The average Bonchev–Trinajstić information content (AvgIpc) is 3.49. The molecule has 0 unspecified atom stereocenters. The molecule has 0 bridgehead atoms. The highest BCUT2D eigenvalue weighted by atomic mass is 16.7. The Morgan fingerprint density at radius 1 is 1.14 bits per heavy atom. The van der Waals surface area contributed by atoms with Gasteiger partial charge in [-0.1, -0.05) is 24.4 Å². The third-order valence-corrected chi connectivity index (χ3v) is 6.85. The van der Waals surface area contributed by atoms with Crippen molar-refractivity contribution in [2.75, 3.05) is 0 Å². The lowest BCUT2D eigenvalue weighted by molar-refractivity contribution is -0.0491. The summed E-state index contributed by atoms with van der Waals surface area (Å²) in [5.74, 6) is 1.52. The largest absolute Gasteiger partial charge is 0.389 e. The van der Waals surface area contributed by atoms with E-state index in [0.29, 0.717) is 12.0 Å². The van der Waals surface area contributed by atoms with Gasteiger partial charge in [-0.3, -0.25) is 4.68 Å². The van der Waals surface area contributed by atoms with E-state index >= 15 is 0 Å². The minimum atomic E-state index is -0.155. The Balaban J connectivity index is 1.25. The quantitative estimate of drug-likeness (QED) is 0.805. The summed E-state index contributed by atoms with van der Waals surface area (Å²) in [5.41, 5.74) is 1.96. The van der Waals surface area contributed by atoms with Crippen molar-refractivity contribution in [1.82, 2.24) is 30.0 Å². The van der Waals surface area contributed by atoms with Gasteiger partial charge in [0, 0.05) is 25.1 Å². The zero-order valence-electron chi connectivity index (χ0n) is 16.6. The van der Waals surface area contributed by atoms with E-state index in [-0.39, 0.29) is 5.60 Å². The van der Waals surface area contributed by atoms with Crippen LogP contribution in [0.3, 0.4) is 0 Å². The van der Waals surface area contributed by atoms with Crippen LogP contribution in [0.2, 0.25) is 0 Å². The molecule has 1 aliphatic heterocycles. The Morgan fingerprint density at radius 2 is 1.96 bits per heavy atom. The van der Waals surface area contributed by atoms with Gasteiger partial charge in [-0.2, -0.15) is 5.10 Å². The van der Waals surface area contributed by atoms with Crippen LogP contribution in [0.1, 0.15) is 94.6 Å². The van der Waals surface area contributed by atoms with Gasteiger partial charge in [0.15, 0.2) is 5.82 Å². The molecular formula is C20H29N7O. The highest BCUT2D eigenvalue weighted by Crippen LogP contribution is 2.45. The number of aromatic nitrogens is 6. The van der Waals surface area contributed by atoms with E-state index in [1.54, 1.807) is 0 Å². The first-order chi connectivity index (χ1) is 13.8. The molecule has 0 amide bonds. The van der Waals surface area contributed by atoms with Crippen molar-refractivity contribution in [1.29, 1.82) is 0 Å². The van der Waals surface area contributed by atoms with E-state index in [2.05, 4.69) is 37.4 Å². The van der Waals surface area contributed by atoms with Crippen molar-refractivity contribution in [3.05, 3.63) is 23.8 Å². The molecular weight excluding hydrogens is 354 g/mol. The molecule has 0 N–H and O–H groups in total. The summed E-state index contributed by atoms with van der Waals surface area (Å²) in [4.78, 5) is 6.02. The average molecular weight is 384 g/mol. The number of oxime groups is 1. The number of hydrogen-bond donors (Lipinski definition) is 0. The molecule has 1 spiro atoms. The van der Waals surface area contributed by atoms with E-state index in [1.165, 1.54) is 32.1 Å². The molecule has 2 saturated carbocycles. The molecule has 150 valence electrons. The normalized spacial score (nSPS) is 28.5. The molecule has 8 heteroatoms. The summed E-state index contributed by atoms with van der Waals surface area (Å²) in [6, 6.07) is 2.52. The number of rotatable bonds is 4. The molecule has 28 heavy (non-hydrogen) atoms.